The van der Waals surface area contributed by atoms with E-state index in [1.54, 1.807) is 12.1 Å². The van der Waals surface area contributed by atoms with E-state index >= 15 is 0 Å². The smallest absolute Gasteiger partial charge is 0.254 e. The molecule has 0 atom stereocenters. The maximum absolute atomic E-state index is 14.8. The molecule has 1 N–H and O–H groups in total. The van der Waals surface area contributed by atoms with E-state index in [4.69, 9.17) is 0 Å². The molecule has 0 aromatic heterocycles. The van der Waals surface area contributed by atoms with Gasteiger partial charge in [0.05, 0.1) is 5.56 Å². The molecule has 126 valence electrons. The molecule has 4 heteroatoms. The summed E-state index contributed by atoms with van der Waals surface area (Å²) in [6, 6.07) is 17.7. The van der Waals surface area contributed by atoms with Crippen molar-refractivity contribution in [1.82, 2.24) is 5.32 Å². The second-order valence-corrected chi connectivity index (χ2v) is 5.71. The average molecular weight is 337 g/mol. The Morgan fingerprint density at radius 2 is 1.52 bits per heavy atom. The van der Waals surface area contributed by atoms with Crippen molar-refractivity contribution in [3.63, 3.8) is 0 Å². The van der Waals surface area contributed by atoms with Crippen LogP contribution in [0.2, 0.25) is 0 Å². The zero-order valence-corrected chi connectivity index (χ0v) is 13.9. The first-order chi connectivity index (χ1) is 12.0. The molecule has 25 heavy (non-hydrogen) atoms. The van der Waals surface area contributed by atoms with Gasteiger partial charge in [0.25, 0.3) is 5.91 Å². The van der Waals surface area contributed by atoms with Crippen LogP contribution in [0.5, 0.6) is 0 Å². The molecule has 0 spiro atoms. The molecule has 0 bridgehead atoms. The van der Waals surface area contributed by atoms with Gasteiger partial charge < -0.3 is 5.32 Å². The van der Waals surface area contributed by atoms with Gasteiger partial charge in [-0.3, -0.25) is 4.79 Å². The molecule has 0 radical (unpaired) electrons. The van der Waals surface area contributed by atoms with Crippen LogP contribution in [0.25, 0.3) is 22.3 Å². The van der Waals surface area contributed by atoms with Crippen LogP contribution in [-0.2, 0) is 0 Å². The lowest BCUT2D eigenvalue weighted by Gasteiger charge is -2.15. The van der Waals surface area contributed by atoms with Crippen molar-refractivity contribution >= 4 is 5.91 Å². The molecule has 1 amide bonds. The minimum Gasteiger partial charge on any atom is -0.355 e. The third-order valence-electron chi connectivity index (χ3n) is 4.20. The molecule has 0 unspecified atom stereocenters. The van der Waals surface area contributed by atoms with Crippen LogP contribution in [-0.4, -0.2) is 13.0 Å². The largest absolute Gasteiger partial charge is 0.355 e. The molecular weight excluding hydrogens is 320 g/mol. The van der Waals surface area contributed by atoms with Crippen LogP contribution in [0.1, 0.15) is 15.9 Å². The molecule has 3 aromatic carbocycles. The monoisotopic (exact) mass is 337 g/mol. The number of benzene rings is 3. The molecule has 3 rings (SSSR count). The molecule has 0 aliphatic heterocycles. The zero-order chi connectivity index (χ0) is 18.0. The first-order valence-electron chi connectivity index (χ1n) is 7.90. The summed E-state index contributed by atoms with van der Waals surface area (Å²) in [5.41, 5.74) is 2.29. The zero-order valence-electron chi connectivity index (χ0n) is 13.9. The molecule has 0 aliphatic carbocycles. The fourth-order valence-corrected chi connectivity index (χ4v) is 2.95. The Morgan fingerprint density at radius 3 is 2.16 bits per heavy atom. The first kappa shape index (κ1) is 16.8. The van der Waals surface area contributed by atoms with Crippen molar-refractivity contribution in [2.24, 2.45) is 0 Å². The Kier molecular flexibility index (Phi) is 4.61. The number of carbonyl (C=O) groups is 1. The number of nitrogens with one attached hydrogen (secondary N) is 1. The van der Waals surface area contributed by atoms with Gasteiger partial charge in [-0.25, -0.2) is 8.78 Å². The standard InChI is InChI=1S/C21H17F2NO/c1-13-19(18(22)12-17(20(13)23)21(25)24-2)16-11-7-6-10-15(16)14-8-4-3-5-9-14/h3-12H,1-2H3,(H,24,25). The Morgan fingerprint density at radius 1 is 0.920 bits per heavy atom. The van der Waals surface area contributed by atoms with Crippen LogP contribution in [0.15, 0.2) is 60.7 Å². The molecule has 0 fully saturated rings. The summed E-state index contributed by atoms with van der Waals surface area (Å²) in [7, 11) is 1.38. The van der Waals surface area contributed by atoms with E-state index in [0.717, 1.165) is 17.2 Å². The van der Waals surface area contributed by atoms with E-state index in [1.807, 2.05) is 42.5 Å². The third-order valence-corrected chi connectivity index (χ3v) is 4.20. The number of hydrogen-bond donors (Lipinski definition) is 1. The highest BCUT2D eigenvalue weighted by atomic mass is 19.1. The maximum atomic E-state index is 14.8. The number of hydrogen-bond acceptors (Lipinski definition) is 1. The van der Waals surface area contributed by atoms with Crippen molar-refractivity contribution in [2.45, 2.75) is 6.92 Å². The molecular formula is C21H17F2NO. The number of amides is 1. The molecule has 0 saturated heterocycles. The fourth-order valence-electron chi connectivity index (χ4n) is 2.95. The van der Waals surface area contributed by atoms with E-state index < -0.39 is 17.5 Å². The van der Waals surface area contributed by atoms with E-state index in [2.05, 4.69) is 5.32 Å². The molecule has 0 heterocycles. The van der Waals surface area contributed by atoms with Gasteiger partial charge in [0.2, 0.25) is 0 Å². The van der Waals surface area contributed by atoms with Gasteiger partial charge in [-0.05, 0) is 35.2 Å². The Labute approximate surface area is 145 Å². The lowest BCUT2D eigenvalue weighted by molar-refractivity contribution is 0.0958. The Bertz CT molecular complexity index is 936. The number of halogens is 2. The molecule has 2 nitrogen and oxygen atoms in total. The van der Waals surface area contributed by atoms with Crippen molar-refractivity contribution in [3.05, 3.63) is 83.4 Å². The van der Waals surface area contributed by atoms with Crippen molar-refractivity contribution < 1.29 is 13.6 Å². The maximum Gasteiger partial charge on any atom is 0.254 e. The summed E-state index contributed by atoms with van der Waals surface area (Å²) in [4.78, 5) is 11.8. The summed E-state index contributed by atoms with van der Waals surface area (Å²) in [6.45, 7) is 1.49. The minimum atomic E-state index is -0.710. The van der Waals surface area contributed by atoms with E-state index in [9.17, 15) is 13.6 Å². The highest BCUT2D eigenvalue weighted by molar-refractivity contribution is 5.96. The van der Waals surface area contributed by atoms with Crippen molar-refractivity contribution in [1.29, 1.82) is 0 Å². The molecule has 0 aliphatic rings. The van der Waals surface area contributed by atoms with Crippen LogP contribution in [0, 0.1) is 18.6 Å². The van der Waals surface area contributed by atoms with Crippen LogP contribution in [0.4, 0.5) is 8.78 Å². The summed E-state index contributed by atoms with van der Waals surface area (Å²) in [5, 5.41) is 2.33. The summed E-state index contributed by atoms with van der Waals surface area (Å²) in [6.07, 6.45) is 0. The van der Waals surface area contributed by atoms with E-state index in [1.165, 1.54) is 14.0 Å². The lowest BCUT2D eigenvalue weighted by atomic mass is 9.90. The third kappa shape index (κ3) is 3.03. The normalized spacial score (nSPS) is 10.6. The SMILES string of the molecule is CNC(=O)c1cc(F)c(-c2ccccc2-c2ccccc2)c(C)c1F. The summed E-state index contributed by atoms with van der Waals surface area (Å²) in [5.74, 6) is -1.98. The highest BCUT2D eigenvalue weighted by Gasteiger charge is 2.22. The van der Waals surface area contributed by atoms with Crippen molar-refractivity contribution in [3.8, 4) is 22.3 Å². The minimum absolute atomic E-state index is 0.113. The Hall–Kier alpha value is -3.01. The second kappa shape index (κ2) is 6.85. The second-order valence-electron chi connectivity index (χ2n) is 5.71. The van der Waals surface area contributed by atoms with Gasteiger partial charge in [-0.15, -0.1) is 0 Å². The Balaban J connectivity index is 2.26. The number of rotatable bonds is 3. The molecule has 3 aromatic rings. The first-order valence-corrected chi connectivity index (χ1v) is 7.90. The van der Waals surface area contributed by atoms with Gasteiger partial charge in [0.15, 0.2) is 0 Å². The van der Waals surface area contributed by atoms with Crippen LogP contribution < -0.4 is 5.32 Å². The van der Waals surface area contributed by atoms with Gasteiger partial charge in [-0.1, -0.05) is 54.6 Å². The fraction of sp³-hybridized carbons (Fsp3) is 0.0952. The predicted octanol–water partition coefficient (Wildman–Crippen LogP) is 4.97. The average Bonchev–Trinajstić information content (AvgIpc) is 2.65. The van der Waals surface area contributed by atoms with E-state index in [0.29, 0.717) is 5.56 Å². The number of carbonyl (C=O) groups excluding carboxylic acids is 1. The van der Waals surface area contributed by atoms with Crippen LogP contribution in [0.3, 0.4) is 0 Å². The van der Waals surface area contributed by atoms with Crippen LogP contribution >= 0.6 is 0 Å². The summed E-state index contributed by atoms with van der Waals surface area (Å²) < 4.78 is 29.5. The quantitative estimate of drug-likeness (QED) is 0.718. The highest BCUT2D eigenvalue weighted by Crippen LogP contribution is 2.37. The van der Waals surface area contributed by atoms with Crippen molar-refractivity contribution in [2.75, 3.05) is 7.05 Å². The van der Waals surface area contributed by atoms with Gasteiger partial charge in [0, 0.05) is 12.6 Å². The lowest BCUT2D eigenvalue weighted by Crippen LogP contribution is -2.20. The van der Waals surface area contributed by atoms with Gasteiger partial charge in [-0.2, -0.15) is 0 Å². The van der Waals surface area contributed by atoms with E-state index in [-0.39, 0.29) is 16.7 Å². The van der Waals surface area contributed by atoms with Gasteiger partial charge in [0.1, 0.15) is 11.6 Å². The topological polar surface area (TPSA) is 29.1 Å². The van der Waals surface area contributed by atoms with Gasteiger partial charge >= 0.3 is 0 Å². The predicted molar refractivity (Wildman–Crippen MR) is 95.4 cm³/mol. The molecule has 0 saturated carbocycles. The summed E-state index contributed by atoms with van der Waals surface area (Å²) >= 11 is 0.